The number of benzene rings is 2. The molecule has 2 aromatic carbocycles. The van der Waals surface area contributed by atoms with Crippen molar-refractivity contribution in [2.24, 2.45) is 17.3 Å². The van der Waals surface area contributed by atoms with Gasteiger partial charge in [0.05, 0.1) is 4.75 Å². The Balaban J connectivity index is 1.53. The van der Waals surface area contributed by atoms with Crippen LogP contribution in [-0.2, 0) is 28.7 Å². The second-order valence-electron chi connectivity index (χ2n) is 16.8. The van der Waals surface area contributed by atoms with Crippen LogP contribution in [0.3, 0.4) is 0 Å². The molecule has 0 unspecified atom stereocenters. The van der Waals surface area contributed by atoms with Crippen molar-refractivity contribution < 1.29 is 28.7 Å². The summed E-state index contributed by atoms with van der Waals surface area (Å²) >= 11 is 1.69. The molecule has 0 spiro atoms. The number of alkyl carbamates (subject to hydrolysis) is 1. The van der Waals surface area contributed by atoms with Gasteiger partial charge >= 0.3 is 6.09 Å². The molecule has 280 valence electrons. The van der Waals surface area contributed by atoms with Crippen LogP contribution in [0.15, 0.2) is 67.3 Å². The Hall–Kier alpha value is -4.12. The molecule has 1 aliphatic heterocycles. The van der Waals surface area contributed by atoms with Crippen molar-refractivity contribution in [1.82, 2.24) is 20.9 Å². The molecule has 2 aliphatic carbocycles. The molecule has 0 radical (unpaired) electrons. The first kappa shape index (κ1) is 39.1. The third kappa shape index (κ3) is 8.73. The summed E-state index contributed by atoms with van der Waals surface area (Å²) in [4.78, 5) is 70.3. The zero-order valence-corrected chi connectivity index (χ0v) is 32.5. The molecule has 3 aliphatic rings. The van der Waals surface area contributed by atoms with Crippen LogP contribution in [0.25, 0.3) is 11.1 Å². The maximum Gasteiger partial charge on any atom is 0.408 e. The Morgan fingerprint density at radius 3 is 2.04 bits per heavy atom. The highest BCUT2D eigenvalue weighted by molar-refractivity contribution is 8.00. The Bertz CT molecular complexity index is 1690. The van der Waals surface area contributed by atoms with Crippen molar-refractivity contribution in [2.75, 3.05) is 6.54 Å². The van der Waals surface area contributed by atoms with Crippen molar-refractivity contribution in [2.45, 2.75) is 114 Å². The lowest BCUT2D eigenvalue weighted by atomic mass is 9.85. The number of ether oxygens (including phenoxy) is 1. The monoisotopic (exact) mass is 730 g/mol. The Kier molecular flexibility index (Phi) is 11.1. The SMILES string of the molecule is C=C[C@@H]1C[C@]1(NC(=O)[C@@H]1C[C@@](SC(C)C)(c2ccc(-c3ccccc3)cc2)CN1C(=O)[C@@H](NC(=O)OC(C)(C)C)C(C)(C)C)C(=O)NC(=O)C1CC1. The second-order valence-corrected chi connectivity index (χ2v) is 18.8. The number of hydrogen-bond acceptors (Lipinski definition) is 7. The van der Waals surface area contributed by atoms with Crippen LogP contribution in [-0.4, -0.2) is 69.6 Å². The molecular formula is C41H54N4O6S. The van der Waals surface area contributed by atoms with Gasteiger partial charge in [-0.25, -0.2) is 4.79 Å². The van der Waals surface area contributed by atoms with E-state index >= 15 is 0 Å². The summed E-state index contributed by atoms with van der Waals surface area (Å²) in [7, 11) is 0. The minimum Gasteiger partial charge on any atom is -0.444 e. The van der Waals surface area contributed by atoms with Crippen molar-refractivity contribution in [3.05, 3.63) is 72.8 Å². The average Bonchev–Trinajstić information content (AvgIpc) is 3.99. The first-order valence-electron chi connectivity index (χ1n) is 18.2. The van der Waals surface area contributed by atoms with Crippen molar-refractivity contribution in [1.29, 1.82) is 0 Å². The van der Waals surface area contributed by atoms with E-state index in [2.05, 4.69) is 60.6 Å². The minimum absolute atomic E-state index is 0.130. The lowest BCUT2D eigenvalue weighted by Gasteiger charge is -2.36. The topological polar surface area (TPSA) is 134 Å². The quantitative estimate of drug-likeness (QED) is 0.181. The Morgan fingerprint density at radius 1 is 0.904 bits per heavy atom. The van der Waals surface area contributed by atoms with Crippen LogP contribution < -0.4 is 16.0 Å². The van der Waals surface area contributed by atoms with Crippen LogP contribution in [0.2, 0.25) is 0 Å². The van der Waals surface area contributed by atoms with Gasteiger partial charge in [-0.05, 0) is 73.8 Å². The van der Waals surface area contributed by atoms with Gasteiger partial charge < -0.3 is 20.3 Å². The van der Waals surface area contributed by atoms with E-state index in [9.17, 15) is 24.0 Å². The molecule has 3 N–H and O–H groups in total. The molecule has 10 nitrogen and oxygen atoms in total. The van der Waals surface area contributed by atoms with Crippen molar-refractivity contribution in [3.63, 3.8) is 0 Å². The van der Waals surface area contributed by atoms with Gasteiger partial charge in [0.15, 0.2) is 0 Å². The van der Waals surface area contributed by atoms with Crippen LogP contribution in [0.5, 0.6) is 0 Å². The Morgan fingerprint density at radius 2 is 1.52 bits per heavy atom. The number of rotatable bonds is 11. The third-order valence-corrected chi connectivity index (χ3v) is 11.4. The van der Waals surface area contributed by atoms with Gasteiger partial charge in [0.25, 0.3) is 5.91 Å². The summed E-state index contributed by atoms with van der Waals surface area (Å²) < 4.78 is 4.85. The number of thioether (sulfide) groups is 1. The normalized spacial score (nSPS) is 24.8. The highest BCUT2D eigenvalue weighted by Gasteiger charge is 2.62. The van der Waals surface area contributed by atoms with Gasteiger partial charge in [0, 0.05) is 18.4 Å². The van der Waals surface area contributed by atoms with Crippen molar-refractivity contribution >= 4 is 41.5 Å². The molecule has 5 amide bonds. The van der Waals surface area contributed by atoms with Gasteiger partial charge in [-0.2, -0.15) is 0 Å². The number of hydrogen-bond donors (Lipinski definition) is 3. The van der Waals surface area contributed by atoms with Crippen LogP contribution in [0, 0.1) is 17.3 Å². The van der Waals surface area contributed by atoms with E-state index in [1.165, 1.54) is 0 Å². The second kappa shape index (κ2) is 14.7. The molecule has 52 heavy (non-hydrogen) atoms. The van der Waals surface area contributed by atoms with Crippen LogP contribution >= 0.6 is 11.8 Å². The Labute approximate surface area is 312 Å². The fourth-order valence-corrected chi connectivity index (χ4v) is 8.64. The standard InChI is InChI=1S/C41H54N4O6S/c1-10-29-22-41(29,36(49)43-33(46)28-16-17-28)44-34(47)31-23-40(52-25(2)3,30-20-18-27(19-21-30)26-14-12-11-13-15-26)24-45(31)35(48)32(38(4,5)6)42-37(50)51-39(7,8)9/h10-15,18-21,25,28-29,31-32H,1,16-17,22-24H2,2-9H3,(H,42,50)(H,44,47)(H,43,46,49)/t29-,31+,32-,40+,41-/m1/s1. The number of imide groups is 1. The van der Waals surface area contributed by atoms with E-state index in [1.54, 1.807) is 43.5 Å². The van der Waals surface area contributed by atoms with Crippen LogP contribution in [0.1, 0.15) is 86.6 Å². The highest BCUT2D eigenvalue weighted by Crippen LogP contribution is 2.51. The van der Waals surface area contributed by atoms with Crippen molar-refractivity contribution in [3.8, 4) is 11.1 Å². The maximum atomic E-state index is 14.8. The number of nitrogens with one attached hydrogen (secondary N) is 3. The number of amides is 5. The predicted octanol–water partition coefficient (Wildman–Crippen LogP) is 6.34. The number of carbonyl (C=O) groups excluding carboxylic acids is 5. The van der Waals surface area contributed by atoms with Gasteiger partial charge in [-0.15, -0.1) is 18.3 Å². The smallest absolute Gasteiger partial charge is 0.408 e. The lowest BCUT2D eigenvalue weighted by Crippen LogP contribution is -2.60. The van der Waals surface area contributed by atoms with E-state index in [4.69, 9.17) is 4.74 Å². The van der Waals surface area contributed by atoms with E-state index in [1.807, 2.05) is 51.1 Å². The number of likely N-dealkylation sites (tertiary alicyclic amines) is 1. The minimum atomic E-state index is -1.34. The summed E-state index contributed by atoms with van der Waals surface area (Å²) in [5, 5.41) is 8.45. The van der Waals surface area contributed by atoms with E-state index in [-0.39, 0.29) is 36.0 Å². The summed E-state index contributed by atoms with van der Waals surface area (Å²) in [5.74, 6) is -2.37. The largest absolute Gasteiger partial charge is 0.444 e. The molecule has 5 atom stereocenters. The molecule has 1 saturated heterocycles. The predicted molar refractivity (Wildman–Crippen MR) is 204 cm³/mol. The van der Waals surface area contributed by atoms with Gasteiger partial charge in [0.2, 0.25) is 17.7 Å². The first-order chi connectivity index (χ1) is 24.3. The highest BCUT2D eigenvalue weighted by atomic mass is 32.2. The lowest BCUT2D eigenvalue weighted by molar-refractivity contribution is -0.143. The van der Waals surface area contributed by atoms with Crippen LogP contribution in [0.4, 0.5) is 4.79 Å². The molecule has 2 saturated carbocycles. The van der Waals surface area contributed by atoms with E-state index < -0.39 is 57.2 Å². The summed E-state index contributed by atoms with van der Waals surface area (Å²) in [6.45, 7) is 19.0. The van der Waals surface area contributed by atoms with E-state index in [0.29, 0.717) is 6.42 Å². The molecule has 5 rings (SSSR count). The van der Waals surface area contributed by atoms with E-state index in [0.717, 1.165) is 29.5 Å². The molecular weight excluding hydrogens is 677 g/mol. The fraction of sp³-hybridized carbons (Fsp3) is 0.537. The fourth-order valence-electron chi connectivity index (χ4n) is 7.00. The molecule has 2 aromatic rings. The van der Waals surface area contributed by atoms with Gasteiger partial charge in [-0.1, -0.05) is 95.3 Å². The third-order valence-electron chi connectivity index (χ3n) is 9.90. The zero-order chi connectivity index (χ0) is 38.2. The molecule has 11 heteroatoms. The zero-order valence-electron chi connectivity index (χ0n) is 31.7. The number of nitrogens with zero attached hydrogens (tertiary/aromatic N) is 1. The number of carbonyl (C=O) groups is 5. The molecule has 0 aromatic heterocycles. The molecule has 3 fully saturated rings. The summed E-state index contributed by atoms with van der Waals surface area (Å²) in [5.41, 5.74) is 0.196. The van der Waals surface area contributed by atoms with Gasteiger partial charge in [0.1, 0.15) is 23.2 Å². The van der Waals surface area contributed by atoms with Gasteiger partial charge in [-0.3, -0.25) is 24.5 Å². The molecule has 0 bridgehead atoms. The first-order valence-corrected chi connectivity index (χ1v) is 19.1. The maximum absolute atomic E-state index is 14.8. The molecule has 1 heterocycles. The summed E-state index contributed by atoms with van der Waals surface area (Å²) in [6.07, 6.45) is 2.91. The average molecular weight is 731 g/mol. The summed E-state index contributed by atoms with van der Waals surface area (Å²) in [6, 6.07) is 16.3.